The molecule has 1 heterocycles. The maximum absolute atomic E-state index is 9.36. The van der Waals surface area contributed by atoms with Crippen LogP contribution in [0.4, 0.5) is 0 Å². The second-order valence-electron chi connectivity index (χ2n) is 4.93. The van der Waals surface area contributed by atoms with Crippen LogP contribution in [-0.4, -0.2) is 75.4 Å². The lowest BCUT2D eigenvalue weighted by Gasteiger charge is -2.14. The van der Waals surface area contributed by atoms with Crippen LogP contribution in [0.2, 0.25) is 0 Å². The summed E-state index contributed by atoms with van der Waals surface area (Å²) < 4.78 is 16.3. The van der Waals surface area contributed by atoms with Crippen molar-refractivity contribution in [3.05, 3.63) is 0 Å². The van der Waals surface area contributed by atoms with E-state index >= 15 is 0 Å². The molecule has 1 aliphatic rings. The highest BCUT2D eigenvalue weighted by atomic mass is 16.5. The van der Waals surface area contributed by atoms with Gasteiger partial charge >= 0.3 is 0 Å². The average Bonchev–Trinajstić information content (AvgIpc) is 2.82. The largest absolute Gasteiger partial charge is 0.392 e. The van der Waals surface area contributed by atoms with Gasteiger partial charge in [-0.3, -0.25) is 4.90 Å². The lowest BCUT2D eigenvalue weighted by molar-refractivity contribution is 0.0107. The first-order valence-electron chi connectivity index (χ1n) is 7.46. The molecule has 0 aliphatic carbocycles. The molecule has 1 saturated heterocycles. The molecule has 0 saturated carbocycles. The van der Waals surface area contributed by atoms with Gasteiger partial charge in [0, 0.05) is 26.2 Å². The first-order valence-corrected chi connectivity index (χ1v) is 7.46. The minimum atomic E-state index is -0.143. The van der Waals surface area contributed by atoms with E-state index < -0.39 is 0 Å². The zero-order valence-corrected chi connectivity index (χ0v) is 12.2. The maximum Gasteiger partial charge on any atom is 0.0701 e. The van der Waals surface area contributed by atoms with Crippen LogP contribution in [0, 0.1) is 0 Å². The third kappa shape index (κ3) is 9.35. The van der Waals surface area contributed by atoms with Gasteiger partial charge in [-0.05, 0) is 12.8 Å². The third-order valence-corrected chi connectivity index (χ3v) is 3.19. The van der Waals surface area contributed by atoms with Gasteiger partial charge in [-0.1, -0.05) is 13.3 Å². The molecule has 19 heavy (non-hydrogen) atoms. The Hall–Kier alpha value is -0.200. The fourth-order valence-electron chi connectivity index (χ4n) is 2.00. The molecule has 114 valence electrons. The normalized spacial score (nSPS) is 20.2. The van der Waals surface area contributed by atoms with Crippen molar-refractivity contribution in [2.75, 3.05) is 59.3 Å². The Bertz CT molecular complexity index is 204. The second-order valence-corrected chi connectivity index (χ2v) is 4.93. The van der Waals surface area contributed by atoms with Crippen molar-refractivity contribution in [3.63, 3.8) is 0 Å². The van der Waals surface area contributed by atoms with Crippen LogP contribution in [0.5, 0.6) is 0 Å². The Morgan fingerprint density at radius 1 is 1.00 bits per heavy atom. The molecule has 0 aromatic rings. The molecule has 1 fully saturated rings. The van der Waals surface area contributed by atoms with Gasteiger partial charge in [-0.2, -0.15) is 0 Å². The Morgan fingerprint density at radius 2 is 1.63 bits per heavy atom. The molecule has 1 rings (SSSR count). The Balaban J connectivity index is 1.72. The summed E-state index contributed by atoms with van der Waals surface area (Å²) in [5.41, 5.74) is 0. The summed E-state index contributed by atoms with van der Waals surface area (Å²) in [6.07, 6.45) is 3.04. The first kappa shape index (κ1) is 16.9. The second kappa shape index (κ2) is 11.6. The van der Waals surface area contributed by atoms with Crippen molar-refractivity contribution in [2.45, 2.75) is 32.3 Å². The van der Waals surface area contributed by atoms with Crippen molar-refractivity contribution < 1.29 is 19.3 Å². The van der Waals surface area contributed by atoms with Crippen molar-refractivity contribution in [1.82, 2.24) is 4.90 Å². The van der Waals surface area contributed by atoms with E-state index in [4.69, 9.17) is 14.2 Å². The molecule has 0 radical (unpaired) electrons. The van der Waals surface area contributed by atoms with Gasteiger partial charge in [0.1, 0.15) is 0 Å². The van der Waals surface area contributed by atoms with Gasteiger partial charge in [0.15, 0.2) is 0 Å². The van der Waals surface area contributed by atoms with Gasteiger partial charge in [-0.15, -0.1) is 0 Å². The Kier molecular flexibility index (Phi) is 10.3. The molecule has 0 spiro atoms. The minimum Gasteiger partial charge on any atom is -0.392 e. The number of aliphatic hydroxyl groups is 1. The van der Waals surface area contributed by atoms with Crippen LogP contribution in [0.3, 0.4) is 0 Å². The third-order valence-electron chi connectivity index (χ3n) is 3.19. The number of likely N-dealkylation sites (tertiary alicyclic amines) is 1. The van der Waals surface area contributed by atoms with Crippen LogP contribution in [0.25, 0.3) is 0 Å². The summed E-state index contributed by atoms with van der Waals surface area (Å²) >= 11 is 0. The fraction of sp³-hybridized carbons (Fsp3) is 1.00. The predicted molar refractivity (Wildman–Crippen MR) is 74.4 cm³/mol. The molecule has 1 aliphatic heterocycles. The standard InChI is InChI=1S/C14H29NO4/c1-2-3-7-17-9-11-19-12-10-18-8-6-15-5-4-14(16)13-15/h14,16H,2-13H2,1H3/t14-/m0/s1. The highest BCUT2D eigenvalue weighted by Gasteiger charge is 2.19. The van der Waals surface area contributed by atoms with Gasteiger partial charge in [0.2, 0.25) is 0 Å². The van der Waals surface area contributed by atoms with Crippen LogP contribution in [-0.2, 0) is 14.2 Å². The number of unbranched alkanes of at least 4 members (excludes halogenated alkanes) is 1. The van der Waals surface area contributed by atoms with E-state index in [0.29, 0.717) is 33.0 Å². The van der Waals surface area contributed by atoms with Crippen molar-refractivity contribution >= 4 is 0 Å². The topological polar surface area (TPSA) is 51.2 Å². The van der Waals surface area contributed by atoms with E-state index in [9.17, 15) is 5.11 Å². The van der Waals surface area contributed by atoms with E-state index in [0.717, 1.165) is 39.1 Å². The van der Waals surface area contributed by atoms with Crippen LogP contribution >= 0.6 is 0 Å². The zero-order chi connectivity index (χ0) is 13.8. The smallest absolute Gasteiger partial charge is 0.0701 e. The number of rotatable bonds is 12. The molecule has 0 unspecified atom stereocenters. The molecule has 0 bridgehead atoms. The van der Waals surface area contributed by atoms with Gasteiger partial charge in [-0.25, -0.2) is 0 Å². The summed E-state index contributed by atoms with van der Waals surface area (Å²) in [4.78, 5) is 2.23. The maximum atomic E-state index is 9.36. The molecular weight excluding hydrogens is 246 g/mol. The molecule has 0 amide bonds. The quantitative estimate of drug-likeness (QED) is 0.536. The molecule has 5 nitrogen and oxygen atoms in total. The van der Waals surface area contributed by atoms with Crippen LogP contribution < -0.4 is 0 Å². The van der Waals surface area contributed by atoms with Crippen molar-refractivity contribution in [1.29, 1.82) is 0 Å². The number of ether oxygens (including phenoxy) is 3. The van der Waals surface area contributed by atoms with Crippen LogP contribution in [0.15, 0.2) is 0 Å². The van der Waals surface area contributed by atoms with Gasteiger partial charge in [0.05, 0.1) is 39.1 Å². The lowest BCUT2D eigenvalue weighted by atomic mass is 10.3. The molecule has 5 heteroatoms. The predicted octanol–water partition coefficient (Wildman–Crippen LogP) is 0.903. The number of hydrogen-bond acceptors (Lipinski definition) is 5. The molecule has 1 atom stereocenters. The van der Waals surface area contributed by atoms with Crippen LogP contribution in [0.1, 0.15) is 26.2 Å². The summed E-state index contributed by atoms with van der Waals surface area (Å²) in [6, 6.07) is 0. The lowest BCUT2D eigenvalue weighted by Crippen LogP contribution is -2.26. The minimum absolute atomic E-state index is 0.143. The first-order chi connectivity index (χ1) is 9.33. The van der Waals surface area contributed by atoms with Gasteiger partial charge < -0.3 is 19.3 Å². The Labute approximate surface area is 116 Å². The Morgan fingerprint density at radius 3 is 2.21 bits per heavy atom. The monoisotopic (exact) mass is 275 g/mol. The van der Waals surface area contributed by atoms with Gasteiger partial charge in [0.25, 0.3) is 0 Å². The highest BCUT2D eigenvalue weighted by molar-refractivity contribution is 4.73. The van der Waals surface area contributed by atoms with E-state index in [2.05, 4.69) is 11.8 Å². The summed E-state index contributed by atoms with van der Waals surface area (Å²) in [6.45, 7) is 8.94. The number of β-amino-alcohol motifs (C(OH)–C–C–N with tert-alkyl or cyclic N) is 1. The molecule has 0 aromatic carbocycles. The number of nitrogens with zero attached hydrogens (tertiary/aromatic N) is 1. The zero-order valence-electron chi connectivity index (χ0n) is 12.2. The fourth-order valence-corrected chi connectivity index (χ4v) is 2.00. The molecule has 0 aromatic heterocycles. The summed E-state index contributed by atoms with van der Waals surface area (Å²) in [5, 5.41) is 9.36. The van der Waals surface area contributed by atoms with E-state index in [1.165, 1.54) is 6.42 Å². The van der Waals surface area contributed by atoms with E-state index in [1.54, 1.807) is 0 Å². The van der Waals surface area contributed by atoms with Crippen molar-refractivity contribution in [3.8, 4) is 0 Å². The number of aliphatic hydroxyl groups excluding tert-OH is 1. The average molecular weight is 275 g/mol. The summed E-state index contributed by atoms with van der Waals surface area (Å²) in [7, 11) is 0. The number of hydrogen-bond donors (Lipinski definition) is 1. The molecule has 1 N–H and O–H groups in total. The van der Waals surface area contributed by atoms with E-state index in [1.807, 2.05) is 0 Å². The van der Waals surface area contributed by atoms with E-state index in [-0.39, 0.29) is 6.10 Å². The highest BCUT2D eigenvalue weighted by Crippen LogP contribution is 2.07. The molecular formula is C14H29NO4. The SMILES string of the molecule is CCCCOCCOCCOCCN1CC[C@H](O)C1. The summed E-state index contributed by atoms with van der Waals surface area (Å²) in [5.74, 6) is 0. The van der Waals surface area contributed by atoms with Crippen molar-refractivity contribution in [2.24, 2.45) is 0 Å².